The van der Waals surface area contributed by atoms with Crippen molar-refractivity contribution in [1.29, 1.82) is 0 Å². The normalized spacial score (nSPS) is 16.4. The van der Waals surface area contributed by atoms with E-state index in [1.807, 2.05) is 47.0 Å². The molecule has 3 aromatic heterocycles. The molecule has 0 aliphatic rings. The van der Waals surface area contributed by atoms with Crippen LogP contribution < -0.4 is 9.30 Å². The van der Waals surface area contributed by atoms with Crippen LogP contribution in [-0.2, 0) is 26.5 Å². The molecule has 0 atom stereocenters. The zero-order valence-corrected chi connectivity index (χ0v) is 48.7. The van der Waals surface area contributed by atoms with E-state index in [1.165, 1.54) is 21.3 Å². The zero-order valence-electron chi connectivity index (χ0n) is 77.4. The summed E-state index contributed by atoms with van der Waals surface area (Å²) in [5, 5.41) is 1.70. The molecule has 0 aliphatic carbocycles. The Morgan fingerprint density at radius 1 is 0.443 bits per heavy atom. The van der Waals surface area contributed by atoms with Crippen LogP contribution in [0.25, 0.3) is 128 Å². The molecule has 5 nitrogen and oxygen atoms in total. The van der Waals surface area contributed by atoms with Crippen molar-refractivity contribution in [3.63, 3.8) is 0 Å². The van der Waals surface area contributed by atoms with E-state index in [9.17, 15) is 21.9 Å². The first-order chi connectivity index (χ1) is 55.7. The van der Waals surface area contributed by atoms with E-state index < -0.39 is 271 Å². The van der Waals surface area contributed by atoms with Crippen molar-refractivity contribution in [1.82, 2.24) is 14.1 Å². The SMILES string of the molecule is [2H]c1c([2H])c([2H])c(-c2cc(-c3c([2H])c(-c4c([2H])c([2H])c([2H])c([2H])c4[2H])c([2H])c(-c4c([2H])c([2H])c([2H])c([2H])c4[2H])c3[2H])c(-[n+]3[c-]n(-c4[c-]c(Oc5[c-]c6c(cc5)c5ccccc5n6-c5cc(C(C)(C)C)ccn5)ccc4)c4ccccc43)c(-c3c([2H])c(-c4c([2H])c([2H])c([2H])c([2H])c4[2H])c([2H])c(-c4c([2H])c([2H])c([2H])c([2H])c4[2H])c3[2H])c2)c([2H])c1[2H].[Pt]. The molecular weight excluding hydrogens is 1250 g/mol. The Hall–Kier alpha value is -10.5. The van der Waals surface area contributed by atoms with Crippen LogP contribution in [0.3, 0.4) is 0 Å². The van der Waals surface area contributed by atoms with Gasteiger partial charge in [0.05, 0.1) is 59.2 Å². The van der Waals surface area contributed by atoms with Crippen LogP contribution in [0.4, 0.5) is 0 Å². The van der Waals surface area contributed by atoms with Gasteiger partial charge in [0.15, 0.2) is 0 Å². The first-order valence-corrected chi connectivity index (χ1v) is 27.1. The molecule has 88 heavy (non-hydrogen) atoms. The van der Waals surface area contributed by atoms with Crippen molar-refractivity contribution in [2.24, 2.45) is 0 Å². The van der Waals surface area contributed by atoms with Gasteiger partial charge in [0.1, 0.15) is 5.82 Å². The van der Waals surface area contributed by atoms with E-state index in [0.29, 0.717) is 11.3 Å². The maximum atomic E-state index is 10.7. The van der Waals surface area contributed by atoms with Gasteiger partial charge in [0.25, 0.3) is 6.33 Å². The molecule has 15 aromatic rings. The summed E-state index contributed by atoms with van der Waals surface area (Å²) in [6, 6.07) is 2.78. The molecule has 6 heteroatoms. The second-order valence-corrected chi connectivity index (χ2v) is 20.8. The van der Waals surface area contributed by atoms with Gasteiger partial charge in [-0.3, -0.25) is 4.57 Å². The summed E-state index contributed by atoms with van der Waals surface area (Å²) in [6.07, 6.45) is 5.03. The minimum absolute atomic E-state index is 0. The fraction of sp³-hybridized carbons (Fsp3) is 0.0488. The van der Waals surface area contributed by atoms with E-state index >= 15 is 0 Å². The molecule has 0 saturated carbocycles. The maximum absolute atomic E-state index is 10.7. The molecule has 0 radical (unpaired) electrons. The number of ether oxygens (including phenoxy) is 1. The van der Waals surface area contributed by atoms with Gasteiger partial charge < -0.3 is 13.9 Å². The first-order valence-electron chi connectivity index (χ1n) is 42.6. The van der Waals surface area contributed by atoms with Crippen LogP contribution >= 0.6 is 0 Å². The summed E-state index contributed by atoms with van der Waals surface area (Å²) in [7, 11) is 0. The molecule has 3 heterocycles. The molecule has 0 saturated heterocycles. The standard InChI is InChI=1S/C82H58N4O.Pt/c1-82(2,3)68-42-43-83-80(52-68)86-76-37-20-19-36-72(76)73-41-40-71(54-79(73)86)87-70-35-23-34-69(53-70)84-55-85(78-39-22-21-38-77(78)84)81-74(66-46-61(56-24-9-4-10-25-56)44-62(47-66)57-26-11-5-12-27-57)50-65(60-32-17-8-18-33-60)51-75(81)67-48-63(58-28-13-6-14-29-58)45-64(49-67)59-30-15-7-16-31-59;/h4-52H,1-3H3;/q-2;/i4D,5D,6D,7D,8D,9D,10D,11D,12D,13D,14D,15D,16D,17D,18D,24D,25D,26D,27D,28D,29D,30D,31D,32D,33D,44D,45D,46D,47D,48D,49D;. The van der Waals surface area contributed by atoms with Gasteiger partial charge in [-0.25, -0.2) is 4.98 Å². The third kappa shape index (κ3) is 10.7. The fourth-order valence-corrected chi connectivity index (χ4v) is 10.3. The van der Waals surface area contributed by atoms with Crippen molar-refractivity contribution >= 4 is 32.8 Å². The number of pyridine rings is 1. The molecule has 0 spiro atoms. The predicted molar refractivity (Wildman–Crippen MR) is 357 cm³/mol. The van der Waals surface area contributed by atoms with Gasteiger partial charge >= 0.3 is 0 Å². The Labute approximate surface area is 571 Å². The maximum Gasteiger partial charge on any atom is 0.268 e. The van der Waals surface area contributed by atoms with Crippen molar-refractivity contribution in [3.05, 3.63) is 321 Å². The van der Waals surface area contributed by atoms with Crippen LogP contribution in [0.5, 0.6) is 11.5 Å². The van der Waals surface area contributed by atoms with Crippen molar-refractivity contribution in [2.45, 2.75) is 26.2 Å². The number of para-hydroxylation sites is 3. The average molecular weight is 1340 g/mol. The number of benzene rings is 12. The van der Waals surface area contributed by atoms with Gasteiger partial charge in [-0.1, -0.05) is 220 Å². The number of rotatable bonds is 12. The minimum Gasteiger partial charge on any atom is -0.510 e. The molecule has 0 aliphatic heterocycles. The van der Waals surface area contributed by atoms with Crippen LogP contribution in [0, 0.1) is 18.5 Å². The molecule has 0 N–H and O–H groups in total. The monoisotopic (exact) mass is 1340 g/mol. The average Bonchev–Trinajstić information content (AvgIpc) is 1.73. The molecule has 424 valence electrons. The van der Waals surface area contributed by atoms with Crippen LogP contribution in [-0.4, -0.2) is 14.1 Å². The number of nitrogens with zero attached hydrogens (tertiary/aromatic N) is 4. The summed E-state index contributed by atoms with van der Waals surface area (Å²) in [4.78, 5) is 4.80. The number of hydrogen-bond donors (Lipinski definition) is 0. The second kappa shape index (κ2) is 23.4. The Kier molecular flexibility index (Phi) is 8.19. The van der Waals surface area contributed by atoms with Crippen LogP contribution in [0.2, 0.25) is 0 Å². The van der Waals surface area contributed by atoms with E-state index in [-0.39, 0.29) is 54.7 Å². The largest absolute Gasteiger partial charge is 0.510 e. The van der Waals surface area contributed by atoms with Crippen molar-refractivity contribution in [2.75, 3.05) is 0 Å². The number of aromatic nitrogens is 4. The third-order valence-electron chi connectivity index (χ3n) is 14.3. The van der Waals surface area contributed by atoms with Crippen molar-refractivity contribution < 1.29 is 72.9 Å². The first kappa shape index (κ1) is 30.8. The van der Waals surface area contributed by atoms with E-state index in [1.54, 1.807) is 42.6 Å². The summed E-state index contributed by atoms with van der Waals surface area (Å²) in [6.45, 7) is 6.26. The Balaban J connectivity index is 0.0000116. The van der Waals surface area contributed by atoms with Crippen molar-refractivity contribution in [3.8, 4) is 107 Å². The smallest absolute Gasteiger partial charge is 0.268 e. The number of hydrogen-bond acceptors (Lipinski definition) is 2. The van der Waals surface area contributed by atoms with Crippen LogP contribution in [0.15, 0.2) is 297 Å². The van der Waals surface area contributed by atoms with Gasteiger partial charge in [-0.15, -0.1) is 29.7 Å². The molecular formula is C82H58N4OPt-2. The minimum atomic E-state index is -1.14. The topological polar surface area (TPSA) is 35.9 Å². The fourth-order valence-electron chi connectivity index (χ4n) is 10.3. The Morgan fingerprint density at radius 3 is 1.45 bits per heavy atom. The van der Waals surface area contributed by atoms with E-state index in [4.69, 9.17) is 30.3 Å². The summed E-state index contributed by atoms with van der Waals surface area (Å²) in [5.41, 5.74) is -10.3. The third-order valence-corrected chi connectivity index (χ3v) is 14.3. The Morgan fingerprint density at radius 2 is 0.920 bits per heavy atom. The molecule has 0 fully saturated rings. The summed E-state index contributed by atoms with van der Waals surface area (Å²) in [5.74, 6) is 0.864. The molecule has 0 unspecified atom stereocenters. The molecule has 15 rings (SSSR count). The summed E-state index contributed by atoms with van der Waals surface area (Å²) >= 11 is 0. The quantitative estimate of drug-likeness (QED) is 0.0903. The van der Waals surface area contributed by atoms with Gasteiger partial charge in [-0.2, -0.15) is 18.2 Å². The zero-order chi connectivity index (χ0) is 85.4. The van der Waals surface area contributed by atoms with Crippen LogP contribution in [0.1, 0.15) is 68.8 Å². The molecule has 12 aromatic carbocycles. The van der Waals surface area contributed by atoms with E-state index in [2.05, 4.69) is 39.2 Å². The molecule has 0 amide bonds. The van der Waals surface area contributed by atoms with E-state index in [0.717, 1.165) is 34.0 Å². The van der Waals surface area contributed by atoms with Gasteiger partial charge in [0.2, 0.25) is 0 Å². The summed E-state index contributed by atoms with van der Waals surface area (Å²) < 4.78 is 302. The van der Waals surface area contributed by atoms with Gasteiger partial charge in [0, 0.05) is 44.3 Å². The second-order valence-electron chi connectivity index (χ2n) is 20.8. The predicted octanol–water partition coefficient (Wildman–Crippen LogP) is 20.6. The Bertz CT molecular complexity index is 6430. The van der Waals surface area contributed by atoms with Gasteiger partial charge in [-0.05, 0) is 167 Å². The molecule has 0 bridgehead atoms. The number of imidazole rings is 1. The number of fused-ring (bicyclic) bond motifs is 4.